The maximum atomic E-state index is 2.41. The molecule has 0 heterocycles. The SMILES string of the molecule is CCN(CC)c1ccc(-c2c(-c3ccccc3)c(-c3ccccc3)c(-c3ccccc3)c(-c3ccccc3)c2-c2ccccc2)cc1. The van der Waals surface area contributed by atoms with E-state index >= 15 is 0 Å². The van der Waals surface area contributed by atoms with E-state index in [0.717, 1.165) is 13.1 Å². The lowest BCUT2D eigenvalue weighted by Gasteiger charge is -2.29. The van der Waals surface area contributed by atoms with Gasteiger partial charge in [-0.25, -0.2) is 0 Å². The molecule has 228 valence electrons. The third-order valence-electron chi connectivity index (χ3n) is 9.10. The Balaban J connectivity index is 1.75. The molecule has 7 aromatic carbocycles. The molecule has 0 saturated heterocycles. The molecule has 7 rings (SSSR count). The van der Waals surface area contributed by atoms with Crippen molar-refractivity contribution in [3.63, 3.8) is 0 Å². The minimum Gasteiger partial charge on any atom is -0.372 e. The monoisotopic (exact) mass is 605 g/mol. The van der Waals surface area contributed by atoms with Gasteiger partial charge in [0.25, 0.3) is 0 Å². The highest BCUT2D eigenvalue weighted by Crippen LogP contribution is 2.55. The molecule has 0 fully saturated rings. The number of anilines is 1. The Morgan fingerprint density at radius 3 is 0.702 bits per heavy atom. The summed E-state index contributed by atoms with van der Waals surface area (Å²) in [4.78, 5) is 2.41. The van der Waals surface area contributed by atoms with Gasteiger partial charge < -0.3 is 4.90 Å². The van der Waals surface area contributed by atoms with Crippen LogP contribution in [0.2, 0.25) is 0 Å². The van der Waals surface area contributed by atoms with E-state index in [9.17, 15) is 0 Å². The molecule has 0 aliphatic rings. The summed E-state index contributed by atoms with van der Waals surface area (Å²) >= 11 is 0. The molecule has 0 unspecified atom stereocenters. The van der Waals surface area contributed by atoms with Crippen molar-refractivity contribution in [2.45, 2.75) is 13.8 Å². The average molecular weight is 606 g/mol. The fraction of sp³-hybridized carbons (Fsp3) is 0.0870. The molecule has 0 amide bonds. The molecule has 0 atom stereocenters. The summed E-state index contributed by atoms with van der Waals surface area (Å²) in [7, 11) is 0. The third kappa shape index (κ3) is 5.89. The smallest absolute Gasteiger partial charge is 0.0366 e. The van der Waals surface area contributed by atoms with Gasteiger partial charge in [-0.05, 0) is 92.7 Å². The predicted octanol–water partition coefficient (Wildman–Crippen LogP) is 12.5. The van der Waals surface area contributed by atoms with Crippen LogP contribution in [0, 0.1) is 0 Å². The van der Waals surface area contributed by atoms with Crippen LogP contribution >= 0.6 is 0 Å². The first kappa shape index (κ1) is 30.0. The van der Waals surface area contributed by atoms with Crippen LogP contribution in [0.5, 0.6) is 0 Å². The molecular formula is C46H39N. The van der Waals surface area contributed by atoms with Crippen molar-refractivity contribution in [3.05, 3.63) is 176 Å². The van der Waals surface area contributed by atoms with Gasteiger partial charge in [0.05, 0.1) is 0 Å². The van der Waals surface area contributed by atoms with Crippen LogP contribution in [0.1, 0.15) is 13.8 Å². The van der Waals surface area contributed by atoms with Gasteiger partial charge in [0.2, 0.25) is 0 Å². The zero-order chi connectivity index (χ0) is 32.0. The molecule has 0 bridgehead atoms. The lowest BCUT2D eigenvalue weighted by molar-refractivity contribution is 0.866. The van der Waals surface area contributed by atoms with Gasteiger partial charge in [-0.1, -0.05) is 164 Å². The standard InChI is InChI=1S/C46H39N/c1-3-47(4-2)40-32-30-39(31-33-40)46-44(37-26-16-8-17-27-37)42(35-22-12-6-13-23-35)41(34-20-10-5-11-21-34)43(36-24-14-7-15-25-36)45(46)38-28-18-9-19-29-38/h5-33H,3-4H2,1-2H3. The summed E-state index contributed by atoms with van der Waals surface area (Å²) in [5, 5.41) is 0. The third-order valence-corrected chi connectivity index (χ3v) is 9.10. The normalized spacial score (nSPS) is 10.9. The topological polar surface area (TPSA) is 3.24 Å². The van der Waals surface area contributed by atoms with Crippen LogP contribution in [-0.2, 0) is 0 Å². The van der Waals surface area contributed by atoms with Crippen molar-refractivity contribution in [3.8, 4) is 66.8 Å². The second-order valence-corrected chi connectivity index (χ2v) is 11.8. The van der Waals surface area contributed by atoms with Gasteiger partial charge in [-0.3, -0.25) is 0 Å². The highest BCUT2D eigenvalue weighted by atomic mass is 15.1. The summed E-state index contributed by atoms with van der Waals surface area (Å²) < 4.78 is 0. The molecule has 0 aliphatic carbocycles. The fourth-order valence-corrected chi connectivity index (χ4v) is 6.93. The number of benzene rings is 7. The molecule has 0 aromatic heterocycles. The Hall–Kier alpha value is -5.66. The van der Waals surface area contributed by atoms with Crippen molar-refractivity contribution in [2.24, 2.45) is 0 Å². The molecule has 7 aromatic rings. The Kier molecular flexibility index (Phi) is 8.79. The van der Waals surface area contributed by atoms with Crippen LogP contribution in [0.25, 0.3) is 66.8 Å². The second-order valence-electron chi connectivity index (χ2n) is 11.8. The van der Waals surface area contributed by atoms with Crippen LogP contribution in [-0.4, -0.2) is 13.1 Å². The van der Waals surface area contributed by atoms with E-state index in [1.165, 1.54) is 72.4 Å². The van der Waals surface area contributed by atoms with E-state index < -0.39 is 0 Å². The molecular weight excluding hydrogens is 567 g/mol. The number of rotatable bonds is 9. The van der Waals surface area contributed by atoms with Gasteiger partial charge in [-0.15, -0.1) is 0 Å². The fourth-order valence-electron chi connectivity index (χ4n) is 6.93. The summed E-state index contributed by atoms with van der Waals surface area (Å²) in [5.74, 6) is 0. The Morgan fingerprint density at radius 1 is 0.277 bits per heavy atom. The van der Waals surface area contributed by atoms with Crippen LogP contribution in [0.15, 0.2) is 176 Å². The van der Waals surface area contributed by atoms with Crippen LogP contribution in [0.4, 0.5) is 5.69 Å². The number of hydrogen-bond acceptors (Lipinski definition) is 1. The highest BCUT2D eigenvalue weighted by Gasteiger charge is 2.28. The highest BCUT2D eigenvalue weighted by molar-refractivity contribution is 6.15. The first-order valence-electron chi connectivity index (χ1n) is 16.6. The van der Waals surface area contributed by atoms with Gasteiger partial charge in [-0.2, -0.15) is 0 Å². The van der Waals surface area contributed by atoms with E-state index in [4.69, 9.17) is 0 Å². The molecule has 0 spiro atoms. The van der Waals surface area contributed by atoms with Crippen molar-refractivity contribution in [1.82, 2.24) is 0 Å². The minimum absolute atomic E-state index is 0.975. The zero-order valence-electron chi connectivity index (χ0n) is 27.1. The zero-order valence-corrected chi connectivity index (χ0v) is 27.1. The van der Waals surface area contributed by atoms with Crippen LogP contribution in [0.3, 0.4) is 0 Å². The molecule has 0 N–H and O–H groups in total. The second kappa shape index (κ2) is 13.8. The van der Waals surface area contributed by atoms with Gasteiger partial charge in [0, 0.05) is 18.8 Å². The lowest BCUT2D eigenvalue weighted by Crippen LogP contribution is -2.21. The van der Waals surface area contributed by atoms with E-state index in [1.54, 1.807) is 0 Å². The van der Waals surface area contributed by atoms with Crippen molar-refractivity contribution >= 4 is 5.69 Å². The summed E-state index contributed by atoms with van der Waals surface area (Å²) in [6.45, 7) is 6.39. The molecule has 1 nitrogen and oxygen atoms in total. The summed E-state index contributed by atoms with van der Waals surface area (Å²) in [6.07, 6.45) is 0. The molecule has 0 aliphatic heterocycles. The van der Waals surface area contributed by atoms with Crippen molar-refractivity contribution in [2.75, 3.05) is 18.0 Å². The van der Waals surface area contributed by atoms with Crippen LogP contribution < -0.4 is 4.90 Å². The van der Waals surface area contributed by atoms with Crippen molar-refractivity contribution in [1.29, 1.82) is 0 Å². The molecule has 47 heavy (non-hydrogen) atoms. The average Bonchev–Trinajstić information content (AvgIpc) is 3.16. The summed E-state index contributed by atoms with van der Waals surface area (Å²) in [6, 6.07) is 64.0. The number of hydrogen-bond donors (Lipinski definition) is 0. The van der Waals surface area contributed by atoms with E-state index in [2.05, 4.69) is 195 Å². The predicted molar refractivity (Wildman–Crippen MR) is 203 cm³/mol. The lowest BCUT2D eigenvalue weighted by atomic mass is 9.74. The van der Waals surface area contributed by atoms with E-state index in [1.807, 2.05) is 0 Å². The largest absolute Gasteiger partial charge is 0.372 e. The number of nitrogens with zero attached hydrogens (tertiary/aromatic N) is 1. The van der Waals surface area contributed by atoms with Crippen molar-refractivity contribution < 1.29 is 0 Å². The van der Waals surface area contributed by atoms with Gasteiger partial charge in [0.1, 0.15) is 0 Å². The quantitative estimate of drug-likeness (QED) is 0.158. The first-order valence-corrected chi connectivity index (χ1v) is 16.6. The molecule has 1 heteroatoms. The van der Waals surface area contributed by atoms with Gasteiger partial charge >= 0.3 is 0 Å². The van der Waals surface area contributed by atoms with E-state index in [0.29, 0.717) is 0 Å². The summed E-state index contributed by atoms with van der Waals surface area (Å²) in [5.41, 5.74) is 15.9. The Morgan fingerprint density at radius 2 is 0.489 bits per heavy atom. The molecule has 0 radical (unpaired) electrons. The maximum absolute atomic E-state index is 2.41. The van der Waals surface area contributed by atoms with E-state index in [-0.39, 0.29) is 0 Å². The maximum Gasteiger partial charge on any atom is 0.0366 e. The Labute approximate surface area is 279 Å². The molecule has 0 saturated carbocycles. The Bertz CT molecular complexity index is 1940. The first-order chi connectivity index (χ1) is 23.3. The van der Waals surface area contributed by atoms with Gasteiger partial charge in [0.15, 0.2) is 0 Å². The minimum atomic E-state index is 0.975.